The van der Waals surface area contributed by atoms with Gasteiger partial charge in [0.05, 0.1) is 0 Å². The summed E-state index contributed by atoms with van der Waals surface area (Å²) in [5.41, 5.74) is 1.16. The Morgan fingerprint density at radius 3 is 2.75 bits per heavy atom. The van der Waals surface area contributed by atoms with E-state index in [-0.39, 0.29) is 0 Å². The van der Waals surface area contributed by atoms with E-state index in [1.165, 1.54) is 6.20 Å². The zero-order valence-electron chi connectivity index (χ0n) is 5.39. The highest BCUT2D eigenvalue weighted by Gasteiger charge is 1.72. The molecule has 0 rings (SSSR count). The van der Waals surface area contributed by atoms with Crippen LogP contribution in [0.3, 0.4) is 0 Å². The van der Waals surface area contributed by atoms with E-state index in [0.29, 0.717) is 0 Å². The van der Waals surface area contributed by atoms with Crippen LogP contribution in [0.25, 0.3) is 0 Å². The summed E-state index contributed by atoms with van der Waals surface area (Å²) in [6.07, 6.45) is 5.28. The molecule has 0 aliphatic rings. The Morgan fingerprint density at radius 2 is 2.38 bits per heavy atom. The molecule has 8 heavy (non-hydrogen) atoms. The van der Waals surface area contributed by atoms with Crippen molar-refractivity contribution in [1.82, 2.24) is 0 Å². The molecule has 0 saturated heterocycles. The van der Waals surface area contributed by atoms with Gasteiger partial charge in [-0.3, -0.25) is 4.99 Å². The molecule has 0 atom stereocenters. The third-order valence-corrected chi connectivity index (χ3v) is 0.839. The molecule has 1 nitrogen and oxygen atoms in total. The lowest BCUT2D eigenvalue weighted by Gasteiger charge is -1.81. The van der Waals surface area contributed by atoms with Crippen molar-refractivity contribution in [2.75, 3.05) is 0 Å². The molecule has 0 saturated carbocycles. The summed E-state index contributed by atoms with van der Waals surface area (Å²) in [7, 11) is 1.99. The van der Waals surface area contributed by atoms with Gasteiger partial charge in [0.25, 0.3) is 0 Å². The van der Waals surface area contributed by atoms with E-state index in [2.05, 4.69) is 11.6 Å². The largest absolute Gasteiger partial charge is 0.266 e. The lowest BCUT2D eigenvalue weighted by molar-refractivity contribution is 1.61. The van der Waals surface area contributed by atoms with Gasteiger partial charge in [-0.05, 0) is 6.92 Å². The molecule has 0 bridgehead atoms. The third kappa shape index (κ3) is 3.41. The van der Waals surface area contributed by atoms with Crippen LogP contribution >= 0.6 is 0 Å². The number of aliphatic imine (C=N–C) groups is 1. The first-order chi connectivity index (χ1) is 3.81. The summed E-state index contributed by atoms with van der Waals surface area (Å²) in [5, 5.41) is 0. The Morgan fingerprint density at radius 1 is 1.75 bits per heavy atom. The maximum atomic E-state index is 3.81. The van der Waals surface area contributed by atoms with Gasteiger partial charge in [-0.25, -0.2) is 0 Å². The van der Waals surface area contributed by atoms with E-state index < -0.39 is 0 Å². The molecule has 0 spiro atoms. The molecular formula is C6H10BN. The quantitative estimate of drug-likeness (QED) is 0.364. The molecule has 42 valence electrons. The van der Waals surface area contributed by atoms with Crippen LogP contribution < -0.4 is 0 Å². The second-order valence-corrected chi connectivity index (χ2v) is 1.49. The lowest BCUT2D eigenvalue weighted by Crippen LogP contribution is -1.78. The Kier molecular flexibility index (Phi) is 3.95. The first-order valence-electron chi connectivity index (χ1n) is 2.58. The molecule has 0 N–H and O–H groups in total. The zero-order valence-corrected chi connectivity index (χ0v) is 5.39. The van der Waals surface area contributed by atoms with Crippen molar-refractivity contribution < 1.29 is 0 Å². The Bertz CT molecular complexity index is 124. The lowest BCUT2D eigenvalue weighted by atomic mass is 9.97. The predicted octanol–water partition coefficient (Wildman–Crippen LogP) is 0.738. The van der Waals surface area contributed by atoms with Crippen molar-refractivity contribution in [2.45, 2.75) is 6.92 Å². The van der Waals surface area contributed by atoms with Gasteiger partial charge < -0.3 is 0 Å². The minimum atomic E-state index is 1.16. The van der Waals surface area contributed by atoms with Crippen molar-refractivity contribution in [3.8, 4) is 0 Å². The average molecular weight is 107 g/mol. The van der Waals surface area contributed by atoms with Gasteiger partial charge in [0.1, 0.15) is 7.85 Å². The van der Waals surface area contributed by atoms with E-state index in [4.69, 9.17) is 0 Å². The number of rotatable bonds is 2. The van der Waals surface area contributed by atoms with Gasteiger partial charge in [-0.15, -0.1) is 0 Å². The first-order valence-corrected chi connectivity index (χ1v) is 2.58. The van der Waals surface area contributed by atoms with E-state index in [0.717, 1.165) is 5.47 Å². The van der Waals surface area contributed by atoms with Crippen LogP contribution in [0.5, 0.6) is 0 Å². The Hall–Kier alpha value is -0.785. The standard InChI is InChI=1S/C6H10BN/c1-3-6(7)5-8-4-2/h3-5H,2,7H2,1H3/b6-3+,8-5-. The SMILES string of the molecule is BC(/C=N\C=C)=C/C. The van der Waals surface area contributed by atoms with E-state index in [1.807, 2.05) is 20.8 Å². The van der Waals surface area contributed by atoms with Crippen molar-refractivity contribution in [2.24, 2.45) is 4.99 Å². The maximum absolute atomic E-state index is 3.81. The topological polar surface area (TPSA) is 12.4 Å². The molecule has 0 aromatic heterocycles. The fraction of sp³-hybridized carbons (Fsp3) is 0.167. The normalized spacial score (nSPS) is 12.4. The number of hydrogen-bond donors (Lipinski definition) is 0. The van der Waals surface area contributed by atoms with Gasteiger partial charge in [-0.1, -0.05) is 18.1 Å². The summed E-state index contributed by atoms with van der Waals surface area (Å²) < 4.78 is 0. The summed E-state index contributed by atoms with van der Waals surface area (Å²) in [6, 6.07) is 0. The van der Waals surface area contributed by atoms with Crippen LogP contribution in [-0.4, -0.2) is 14.1 Å². The smallest absolute Gasteiger partial charge is 0.140 e. The van der Waals surface area contributed by atoms with Crippen LogP contribution in [-0.2, 0) is 0 Å². The van der Waals surface area contributed by atoms with Crippen molar-refractivity contribution >= 4 is 14.1 Å². The first kappa shape index (κ1) is 7.21. The summed E-state index contributed by atoms with van der Waals surface area (Å²) in [6.45, 7) is 5.42. The second kappa shape index (κ2) is 4.38. The molecule has 0 aromatic carbocycles. The van der Waals surface area contributed by atoms with E-state index in [1.54, 1.807) is 6.21 Å². The molecule has 0 fully saturated rings. The molecule has 0 aliphatic carbocycles. The molecule has 2 heteroatoms. The summed E-state index contributed by atoms with van der Waals surface area (Å²) in [4.78, 5) is 3.81. The molecule has 0 heterocycles. The second-order valence-electron chi connectivity index (χ2n) is 1.49. The molecule has 0 aliphatic heterocycles. The van der Waals surface area contributed by atoms with Crippen molar-refractivity contribution in [3.05, 3.63) is 24.3 Å². The monoisotopic (exact) mass is 107 g/mol. The number of nitrogens with zero attached hydrogens (tertiary/aromatic N) is 1. The highest BCUT2D eigenvalue weighted by atomic mass is 14.6. The zero-order chi connectivity index (χ0) is 6.41. The fourth-order valence-corrected chi connectivity index (χ4v) is 0.245. The molecule has 0 unspecified atom stereocenters. The van der Waals surface area contributed by atoms with Gasteiger partial charge in [0.15, 0.2) is 0 Å². The van der Waals surface area contributed by atoms with Crippen LogP contribution in [0.2, 0.25) is 0 Å². The van der Waals surface area contributed by atoms with Crippen LogP contribution in [0.4, 0.5) is 0 Å². The van der Waals surface area contributed by atoms with Crippen molar-refractivity contribution in [1.29, 1.82) is 0 Å². The highest BCUT2D eigenvalue weighted by Crippen LogP contribution is 1.79. The Labute approximate surface area is 51.2 Å². The molecule has 0 amide bonds. The predicted molar refractivity (Wildman–Crippen MR) is 41.0 cm³/mol. The van der Waals surface area contributed by atoms with Gasteiger partial charge in [-0.2, -0.15) is 0 Å². The van der Waals surface area contributed by atoms with Gasteiger partial charge in [0, 0.05) is 12.4 Å². The molecular weight excluding hydrogens is 96.9 g/mol. The van der Waals surface area contributed by atoms with E-state index in [9.17, 15) is 0 Å². The van der Waals surface area contributed by atoms with E-state index >= 15 is 0 Å². The number of allylic oxidation sites excluding steroid dienone is 2. The third-order valence-electron chi connectivity index (χ3n) is 0.839. The number of hydrogen-bond acceptors (Lipinski definition) is 1. The van der Waals surface area contributed by atoms with Crippen LogP contribution in [0.15, 0.2) is 29.3 Å². The van der Waals surface area contributed by atoms with Gasteiger partial charge >= 0.3 is 0 Å². The van der Waals surface area contributed by atoms with Crippen molar-refractivity contribution in [3.63, 3.8) is 0 Å². The van der Waals surface area contributed by atoms with Gasteiger partial charge in [0.2, 0.25) is 0 Å². The maximum Gasteiger partial charge on any atom is 0.140 e. The average Bonchev–Trinajstić information content (AvgIpc) is 1.83. The highest BCUT2D eigenvalue weighted by molar-refractivity contribution is 6.32. The molecule has 0 aromatic rings. The molecule has 0 radical (unpaired) electrons. The summed E-state index contributed by atoms with van der Waals surface area (Å²) in [5.74, 6) is 0. The Balaban J connectivity index is 3.69. The minimum Gasteiger partial charge on any atom is -0.266 e. The fourth-order valence-electron chi connectivity index (χ4n) is 0.245. The van der Waals surface area contributed by atoms with Crippen LogP contribution in [0, 0.1) is 0 Å². The summed E-state index contributed by atoms with van der Waals surface area (Å²) >= 11 is 0. The van der Waals surface area contributed by atoms with Crippen LogP contribution in [0.1, 0.15) is 6.92 Å². The minimum absolute atomic E-state index is 1.16.